The Hall–Kier alpha value is -1.59. The summed E-state index contributed by atoms with van der Waals surface area (Å²) in [5.74, 6) is -3.83. The molecule has 1 nitrogen and oxygen atoms in total. The summed E-state index contributed by atoms with van der Waals surface area (Å²) < 4.78 is 53.6. The van der Waals surface area contributed by atoms with E-state index in [2.05, 4.69) is 0 Å². The van der Waals surface area contributed by atoms with Gasteiger partial charge in [-0.2, -0.15) is 0 Å². The third-order valence-corrected chi connectivity index (χ3v) is 3.30. The molecule has 2 rings (SSSR count). The van der Waals surface area contributed by atoms with Crippen LogP contribution in [0, 0.1) is 30.2 Å². The number of nitrogens with two attached hydrogens (primary N) is 1. The van der Waals surface area contributed by atoms with E-state index in [1.165, 1.54) is 13.0 Å². The Balaban J connectivity index is 2.57. The highest BCUT2D eigenvalue weighted by atomic mass is 35.5. The van der Waals surface area contributed by atoms with Gasteiger partial charge in [0.1, 0.15) is 23.3 Å². The van der Waals surface area contributed by atoms with Crippen LogP contribution >= 0.6 is 11.6 Å². The summed E-state index contributed by atoms with van der Waals surface area (Å²) in [6, 6.07) is 2.13. The summed E-state index contributed by atoms with van der Waals surface area (Å²) in [6.07, 6.45) is 0. The molecule has 0 fully saturated rings. The lowest BCUT2D eigenvalue weighted by Gasteiger charge is -2.17. The molecule has 0 bridgehead atoms. The molecule has 0 aromatic heterocycles. The molecule has 0 amide bonds. The van der Waals surface area contributed by atoms with Crippen molar-refractivity contribution < 1.29 is 17.6 Å². The van der Waals surface area contributed by atoms with E-state index in [1.54, 1.807) is 0 Å². The smallest absolute Gasteiger partial charge is 0.134 e. The molecule has 0 aliphatic heterocycles. The second kappa shape index (κ2) is 5.42. The van der Waals surface area contributed by atoms with Gasteiger partial charge in [-0.25, -0.2) is 17.6 Å². The maximum Gasteiger partial charge on any atom is 0.134 e. The van der Waals surface area contributed by atoms with Crippen LogP contribution < -0.4 is 5.73 Å². The molecule has 0 spiro atoms. The van der Waals surface area contributed by atoms with Gasteiger partial charge in [-0.1, -0.05) is 11.6 Å². The highest BCUT2D eigenvalue weighted by Crippen LogP contribution is 2.31. The van der Waals surface area contributed by atoms with Gasteiger partial charge in [-0.15, -0.1) is 0 Å². The van der Waals surface area contributed by atoms with Gasteiger partial charge in [0, 0.05) is 22.7 Å². The quantitative estimate of drug-likeness (QED) is 0.825. The zero-order valence-electron chi connectivity index (χ0n) is 10.4. The molecule has 0 aliphatic carbocycles. The first-order valence-electron chi connectivity index (χ1n) is 5.66. The topological polar surface area (TPSA) is 26.0 Å². The van der Waals surface area contributed by atoms with Crippen LogP contribution in [-0.4, -0.2) is 0 Å². The fourth-order valence-corrected chi connectivity index (χ4v) is 2.19. The molecule has 1 atom stereocenters. The van der Waals surface area contributed by atoms with Crippen molar-refractivity contribution in [2.24, 2.45) is 5.73 Å². The van der Waals surface area contributed by atoms with Crippen molar-refractivity contribution in [3.63, 3.8) is 0 Å². The molecule has 0 saturated carbocycles. The van der Waals surface area contributed by atoms with Crippen molar-refractivity contribution in [3.05, 3.63) is 69.2 Å². The van der Waals surface area contributed by atoms with Crippen LogP contribution in [0.1, 0.15) is 22.7 Å². The average Bonchev–Trinajstić information content (AvgIpc) is 2.32. The minimum absolute atomic E-state index is 0.0521. The van der Waals surface area contributed by atoms with Crippen molar-refractivity contribution in [1.29, 1.82) is 0 Å². The van der Waals surface area contributed by atoms with Crippen LogP contribution in [0.25, 0.3) is 0 Å². The molecule has 0 aliphatic rings. The van der Waals surface area contributed by atoms with Crippen LogP contribution in [0.3, 0.4) is 0 Å². The summed E-state index contributed by atoms with van der Waals surface area (Å²) in [6.45, 7) is 1.47. The molecule has 0 saturated heterocycles. The zero-order valence-corrected chi connectivity index (χ0v) is 11.1. The Morgan fingerprint density at radius 3 is 2.05 bits per heavy atom. The van der Waals surface area contributed by atoms with E-state index in [1.807, 2.05) is 0 Å². The van der Waals surface area contributed by atoms with Gasteiger partial charge in [0.2, 0.25) is 0 Å². The van der Waals surface area contributed by atoms with Crippen LogP contribution in [0.15, 0.2) is 24.3 Å². The summed E-state index contributed by atoms with van der Waals surface area (Å²) in [4.78, 5) is 0. The predicted molar refractivity (Wildman–Crippen MR) is 68.5 cm³/mol. The van der Waals surface area contributed by atoms with Crippen molar-refractivity contribution in [1.82, 2.24) is 0 Å². The van der Waals surface area contributed by atoms with Crippen molar-refractivity contribution in [3.8, 4) is 0 Å². The van der Waals surface area contributed by atoms with E-state index in [-0.39, 0.29) is 16.1 Å². The lowest BCUT2D eigenvalue weighted by Crippen LogP contribution is -2.17. The van der Waals surface area contributed by atoms with E-state index < -0.39 is 34.9 Å². The minimum Gasteiger partial charge on any atom is -0.320 e. The SMILES string of the molecule is Cc1cc(C(N)c2c(F)cc(F)cc2F)c(Cl)cc1F. The molecule has 106 valence electrons. The zero-order chi connectivity index (χ0) is 15.0. The first-order chi connectivity index (χ1) is 9.31. The van der Waals surface area contributed by atoms with Gasteiger partial charge in [0.25, 0.3) is 0 Å². The number of halogens is 5. The van der Waals surface area contributed by atoms with Gasteiger partial charge in [0.15, 0.2) is 0 Å². The largest absolute Gasteiger partial charge is 0.320 e. The summed E-state index contributed by atoms with van der Waals surface area (Å²) in [5.41, 5.74) is 5.66. The summed E-state index contributed by atoms with van der Waals surface area (Å²) in [7, 11) is 0. The van der Waals surface area contributed by atoms with Gasteiger partial charge in [-0.3, -0.25) is 0 Å². The van der Waals surface area contributed by atoms with Crippen LogP contribution in [0.2, 0.25) is 5.02 Å². The van der Waals surface area contributed by atoms with E-state index in [0.29, 0.717) is 12.1 Å². The van der Waals surface area contributed by atoms with Crippen LogP contribution in [-0.2, 0) is 0 Å². The molecular formula is C14H10ClF4N. The lowest BCUT2D eigenvalue weighted by atomic mass is 9.97. The molecule has 1 unspecified atom stereocenters. The number of hydrogen-bond acceptors (Lipinski definition) is 1. The van der Waals surface area contributed by atoms with Crippen LogP contribution in [0.5, 0.6) is 0 Å². The Morgan fingerprint density at radius 1 is 0.950 bits per heavy atom. The second-order valence-corrected chi connectivity index (χ2v) is 4.79. The van der Waals surface area contributed by atoms with Gasteiger partial charge in [-0.05, 0) is 30.2 Å². The molecule has 0 radical (unpaired) electrons. The third kappa shape index (κ3) is 2.64. The predicted octanol–water partition coefficient (Wildman–Crippen LogP) is 4.25. The summed E-state index contributed by atoms with van der Waals surface area (Å²) >= 11 is 5.84. The minimum atomic E-state index is -1.26. The normalized spacial score (nSPS) is 12.6. The van der Waals surface area contributed by atoms with Crippen molar-refractivity contribution in [2.45, 2.75) is 13.0 Å². The van der Waals surface area contributed by atoms with Gasteiger partial charge >= 0.3 is 0 Å². The molecule has 0 heterocycles. The molecule has 2 N–H and O–H groups in total. The van der Waals surface area contributed by atoms with E-state index >= 15 is 0 Å². The van der Waals surface area contributed by atoms with E-state index in [4.69, 9.17) is 17.3 Å². The Labute approximate surface area is 118 Å². The molecule has 6 heteroatoms. The summed E-state index contributed by atoms with van der Waals surface area (Å²) in [5, 5.41) is -0.0521. The standard InChI is InChI=1S/C14H10ClF4N/c1-6-2-8(9(15)5-10(6)17)14(20)13-11(18)3-7(16)4-12(13)19/h2-5,14H,20H2,1H3. The lowest BCUT2D eigenvalue weighted by molar-refractivity contribution is 0.515. The highest BCUT2D eigenvalue weighted by Gasteiger charge is 2.22. The fraction of sp³-hybridized carbons (Fsp3) is 0.143. The monoisotopic (exact) mass is 303 g/mol. The average molecular weight is 304 g/mol. The first-order valence-corrected chi connectivity index (χ1v) is 6.04. The van der Waals surface area contributed by atoms with E-state index in [0.717, 1.165) is 6.07 Å². The molecule has 2 aromatic rings. The fourth-order valence-electron chi connectivity index (χ4n) is 1.92. The second-order valence-electron chi connectivity index (χ2n) is 4.38. The first kappa shape index (κ1) is 14.8. The third-order valence-electron chi connectivity index (χ3n) is 2.97. The Morgan fingerprint density at radius 2 is 1.50 bits per heavy atom. The molecular weight excluding hydrogens is 294 g/mol. The van der Waals surface area contributed by atoms with Crippen molar-refractivity contribution >= 4 is 11.6 Å². The molecule has 20 heavy (non-hydrogen) atoms. The Bertz CT molecular complexity index is 649. The molecule has 2 aromatic carbocycles. The van der Waals surface area contributed by atoms with Crippen molar-refractivity contribution in [2.75, 3.05) is 0 Å². The Kier molecular flexibility index (Phi) is 4.01. The van der Waals surface area contributed by atoms with Crippen LogP contribution in [0.4, 0.5) is 17.6 Å². The number of aryl methyl sites for hydroxylation is 1. The number of benzene rings is 2. The number of rotatable bonds is 2. The number of hydrogen-bond donors (Lipinski definition) is 1. The maximum absolute atomic E-state index is 13.7. The highest BCUT2D eigenvalue weighted by molar-refractivity contribution is 6.31. The van der Waals surface area contributed by atoms with Gasteiger partial charge in [0.05, 0.1) is 6.04 Å². The van der Waals surface area contributed by atoms with E-state index in [9.17, 15) is 17.6 Å². The van der Waals surface area contributed by atoms with Gasteiger partial charge < -0.3 is 5.73 Å². The maximum atomic E-state index is 13.7.